The van der Waals surface area contributed by atoms with Crippen LogP contribution in [0.5, 0.6) is 0 Å². The number of halogens is 1. The van der Waals surface area contributed by atoms with Crippen molar-refractivity contribution >= 4 is 23.6 Å². The third kappa shape index (κ3) is 6.10. The average Bonchev–Trinajstić information content (AvgIpc) is 2.91. The molecule has 0 saturated carbocycles. The van der Waals surface area contributed by atoms with Crippen molar-refractivity contribution in [3.8, 4) is 0 Å². The van der Waals surface area contributed by atoms with Crippen molar-refractivity contribution in [3.05, 3.63) is 16.7 Å². The van der Waals surface area contributed by atoms with Crippen LogP contribution in [0.1, 0.15) is 56.8 Å². The minimum absolute atomic E-state index is 0.168. The summed E-state index contributed by atoms with van der Waals surface area (Å²) in [7, 11) is 0. The molecule has 27 heavy (non-hydrogen) atoms. The molecule has 0 aliphatic carbocycles. The lowest BCUT2D eigenvalue weighted by molar-refractivity contribution is -0.0331. The number of piperidine rings is 1. The Bertz CT molecular complexity index is 651. The van der Waals surface area contributed by atoms with Crippen LogP contribution in [-0.2, 0) is 9.47 Å². The highest BCUT2D eigenvalue weighted by Crippen LogP contribution is 2.19. The molecular weight excluding hydrogens is 372 g/mol. The summed E-state index contributed by atoms with van der Waals surface area (Å²) in [6, 6.07) is -0.230. The molecule has 1 aromatic rings. The van der Waals surface area contributed by atoms with Crippen LogP contribution in [0.4, 0.5) is 4.79 Å². The second-order valence-electron chi connectivity index (χ2n) is 7.71. The van der Waals surface area contributed by atoms with E-state index < -0.39 is 5.60 Å². The molecule has 1 aromatic heterocycles. The van der Waals surface area contributed by atoms with Gasteiger partial charge in [-0.05, 0) is 40.5 Å². The third-order valence-electron chi connectivity index (χ3n) is 4.10. The highest BCUT2D eigenvalue weighted by molar-refractivity contribution is 6.30. The number of carbonyl (C=O) groups excluding carboxylic acids is 2. The number of carbonyl (C=O) groups is 2. The zero-order valence-corrected chi connectivity index (χ0v) is 17.4. The number of aromatic nitrogens is 2. The molecule has 1 aliphatic heterocycles. The van der Waals surface area contributed by atoms with Crippen molar-refractivity contribution < 1.29 is 19.1 Å². The van der Waals surface area contributed by atoms with Crippen LogP contribution in [-0.4, -0.2) is 64.3 Å². The molecule has 2 rings (SSSR count). The summed E-state index contributed by atoms with van der Waals surface area (Å²) < 4.78 is 11.3. The van der Waals surface area contributed by atoms with E-state index in [0.29, 0.717) is 31.8 Å². The van der Waals surface area contributed by atoms with E-state index in [1.807, 2.05) is 27.7 Å². The lowest BCUT2D eigenvalue weighted by atomic mass is 10.0. The van der Waals surface area contributed by atoms with Gasteiger partial charge in [0.15, 0.2) is 11.0 Å². The minimum atomic E-state index is -0.557. The number of nitrogens with zero attached hydrogens (tertiary/aromatic N) is 2. The van der Waals surface area contributed by atoms with Crippen molar-refractivity contribution in [1.82, 2.24) is 20.2 Å². The molecule has 2 amide bonds. The van der Waals surface area contributed by atoms with Crippen LogP contribution in [0.3, 0.4) is 0 Å². The standard InChI is InChI=1S/C18H29ClN4O4/c1-6-9-26-13-10-23(17(25)27-18(3,4)5)8-7-12(13)21-16(24)15-20-11(2)14(19)22-15/h12-13H,6-10H2,1-5H3,(H,20,22)(H,21,24)/t12-,13+/m1/s1. The van der Waals surface area contributed by atoms with Gasteiger partial charge in [-0.25, -0.2) is 9.78 Å². The number of amides is 2. The first-order valence-corrected chi connectivity index (χ1v) is 9.61. The summed E-state index contributed by atoms with van der Waals surface area (Å²) in [6.07, 6.45) is 0.719. The molecule has 0 unspecified atom stereocenters. The number of aryl methyl sites for hydroxylation is 1. The smallest absolute Gasteiger partial charge is 0.410 e. The van der Waals surface area contributed by atoms with E-state index in [1.54, 1.807) is 11.8 Å². The molecule has 1 saturated heterocycles. The van der Waals surface area contributed by atoms with Gasteiger partial charge in [-0.3, -0.25) is 4.79 Å². The van der Waals surface area contributed by atoms with Crippen molar-refractivity contribution in [1.29, 1.82) is 0 Å². The summed E-state index contributed by atoms with van der Waals surface area (Å²) in [6.45, 7) is 10.6. The Labute approximate surface area is 164 Å². The van der Waals surface area contributed by atoms with Gasteiger partial charge in [0.25, 0.3) is 5.91 Å². The lowest BCUT2D eigenvalue weighted by Crippen LogP contribution is -2.57. The predicted octanol–water partition coefficient (Wildman–Crippen LogP) is 2.91. The van der Waals surface area contributed by atoms with Gasteiger partial charge < -0.3 is 24.7 Å². The van der Waals surface area contributed by atoms with E-state index in [9.17, 15) is 9.59 Å². The van der Waals surface area contributed by atoms with Crippen LogP contribution in [0.15, 0.2) is 0 Å². The number of rotatable bonds is 5. The molecule has 0 bridgehead atoms. The summed E-state index contributed by atoms with van der Waals surface area (Å²) in [4.78, 5) is 33.3. The van der Waals surface area contributed by atoms with E-state index in [1.165, 1.54) is 0 Å². The second kappa shape index (κ2) is 8.93. The van der Waals surface area contributed by atoms with Crippen LogP contribution in [0, 0.1) is 6.92 Å². The Hall–Kier alpha value is -1.80. The predicted molar refractivity (Wildman–Crippen MR) is 102 cm³/mol. The number of hydrogen-bond donors (Lipinski definition) is 2. The zero-order valence-electron chi connectivity index (χ0n) is 16.6. The molecule has 1 aliphatic rings. The summed E-state index contributed by atoms with van der Waals surface area (Å²) in [5, 5.41) is 3.22. The van der Waals surface area contributed by atoms with Gasteiger partial charge in [0.05, 0.1) is 24.4 Å². The van der Waals surface area contributed by atoms with Crippen LogP contribution < -0.4 is 5.32 Å². The highest BCUT2D eigenvalue weighted by atomic mass is 35.5. The molecular formula is C18H29ClN4O4. The molecule has 2 atom stereocenters. The number of nitrogens with one attached hydrogen (secondary N) is 2. The summed E-state index contributed by atoms with van der Waals surface area (Å²) in [5.41, 5.74) is 0.0820. The fourth-order valence-electron chi connectivity index (χ4n) is 2.80. The van der Waals surface area contributed by atoms with Crippen molar-refractivity contribution in [2.45, 2.75) is 65.2 Å². The van der Waals surface area contributed by atoms with E-state index >= 15 is 0 Å². The van der Waals surface area contributed by atoms with E-state index in [-0.39, 0.29) is 35.1 Å². The highest BCUT2D eigenvalue weighted by Gasteiger charge is 2.35. The number of ether oxygens (including phenoxy) is 2. The topological polar surface area (TPSA) is 96.6 Å². The van der Waals surface area contributed by atoms with E-state index in [4.69, 9.17) is 21.1 Å². The molecule has 0 aromatic carbocycles. The van der Waals surface area contributed by atoms with Crippen LogP contribution in [0.25, 0.3) is 0 Å². The normalized spacial score (nSPS) is 20.4. The molecule has 8 nitrogen and oxygen atoms in total. The Morgan fingerprint density at radius 3 is 2.67 bits per heavy atom. The molecule has 2 N–H and O–H groups in total. The first-order valence-electron chi connectivity index (χ1n) is 9.23. The van der Waals surface area contributed by atoms with Crippen LogP contribution in [0.2, 0.25) is 5.15 Å². The van der Waals surface area contributed by atoms with Gasteiger partial charge in [0, 0.05) is 13.2 Å². The third-order valence-corrected chi connectivity index (χ3v) is 4.47. The SMILES string of the molecule is CCCO[C@H]1CN(C(=O)OC(C)(C)C)CC[C@H]1NC(=O)c1nc(Cl)c(C)[nH]1. The Morgan fingerprint density at radius 2 is 2.11 bits per heavy atom. The number of aromatic amines is 1. The van der Waals surface area contributed by atoms with Crippen molar-refractivity contribution in [2.24, 2.45) is 0 Å². The minimum Gasteiger partial charge on any atom is -0.444 e. The molecule has 0 radical (unpaired) electrons. The Balaban J connectivity index is 2.03. The molecule has 2 heterocycles. The van der Waals surface area contributed by atoms with Gasteiger partial charge in [-0.15, -0.1) is 0 Å². The van der Waals surface area contributed by atoms with Gasteiger partial charge in [0.2, 0.25) is 0 Å². The second-order valence-corrected chi connectivity index (χ2v) is 8.06. The largest absolute Gasteiger partial charge is 0.444 e. The maximum Gasteiger partial charge on any atom is 0.410 e. The molecule has 0 spiro atoms. The molecule has 152 valence electrons. The average molecular weight is 401 g/mol. The fourth-order valence-corrected chi connectivity index (χ4v) is 2.93. The number of imidazole rings is 1. The summed E-state index contributed by atoms with van der Waals surface area (Å²) in [5.74, 6) is -0.174. The quantitative estimate of drug-likeness (QED) is 0.792. The first kappa shape index (κ1) is 21.5. The number of likely N-dealkylation sites (tertiary alicyclic amines) is 1. The number of hydrogen-bond acceptors (Lipinski definition) is 5. The Kier molecular flexibility index (Phi) is 7.11. The van der Waals surface area contributed by atoms with Crippen molar-refractivity contribution in [3.63, 3.8) is 0 Å². The molecule has 1 fully saturated rings. The van der Waals surface area contributed by atoms with Gasteiger partial charge in [0.1, 0.15) is 5.60 Å². The van der Waals surface area contributed by atoms with Crippen molar-refractivity contribution in [2.75, 3.05) is 19.7 Å². The van der Waals surface area contributed by atoms with Crippen LogP contribution >= 0.6 is 11.6 Å². The summed E-state index contributed by atoms with van der Waals surface area (Å²) >= 11 is 5.91. The maximum absolute atomic E-state index is 12.5. The maximum atomic E-state index is 12.5. The molecule has 9 heteroatoms. The van der Waals surface area contributed by atoms with Gasteiger partial charge in [-0.2, -0.15) is 0 Å². The monoisotopic (exact) mass is 400 g/mol. The number of H-pyrrole nitrogens is 1. The fraction of sp³-hybridized carbons (Fsp3) is 0.722. The Morgan fingerprint density at radius 1 is 1.41 bits per heavy atom. The zero-order chi connectivity index (χ0) is 20.2. The first-order chi connectivity index (χ1) is 12.6. The van der Waals surface area contributed by atoms with E-state index in [2.05, 4.69) is 15.3 Å². The lowest BCUT2D eigenvalue weighted by Gasteiger charge is -2.39. The van der Waals surface area contributed by atoms with Gasteiger partial charge >= 0.3 is 6.09 Å². The van der Waals surface area contributed by atoms with Gasteiger partial charge in [-0.1, -0.05) is 18.5 Å². The van der Waals surface area contributed by atoms with E-state index in [0.717, 1.165) is 6.42 Å².